The monoisotopic (exact) mass is 298 g/mol. The van der Waals surface area contributed by atoms with Crippen molar-refractivity contribution >= 4 is 18.8 Å². The average molecular weight is 298 g/mol. The fourth-order valence-corrected chi connectivity index (χ4v) is 6.66. The van der Waals surface area contributed by atoms with Crippen molar-refractivity contribution in [3.05, 3.63) is 60.7 Å². The van der Waals surface area contributed by atoms with E-state index in [1.54, 1.807) is 0 Å². The molecule has 0 radical (unpaired) electrons. The van der Waals surface area contributed by atoms with Crippen LogP contribution in [0.3, 0.4) is 0 Å². The second-order valence-electron chi connectivity index (χ2n) is 6.55. The van der Waals surface area contributed by atoms with Gasteiger partial charge in [0.2, 0.25) is 0 Å². The zero-order chi connectivity index (χ0) is 14.1. The first-order valence-electron chi connectivity index (χ1n) is 8.15. The molecule has 1 nitrogen and oxygen atoms in total. The minimum absolute atomic E-state index is 0.515. The van der Waals surface area contributed by atoms with Crippen LogP contribution >= 0.6 is 8.15 Å². The van der Waals surface area contributed by atoms with Gasteiger partial charge in [-0.15, -0.1) is 0 Å². The van der Waals surface area contributed by atoms with Crippen molar-refractivity contribution in [3.63, 3.8) is 0 Å². The molecule has 110 valence electrons. The van der Waals surface area contributed by atoms with Crippen molar-refractivity contribution in [2.45, 2.75) is 31.8 Å². The normalized spacial score (nSPS) is 27.8. The van der Waals surface area contributed by atoms with Crippen LogP contribution in [0.1, 0.15) is 25.7 Å². The Kier molecular flexibility index (Phi) is 3.80. The Morgan fingerprint density at radius 2 is 1.38 bits per heavy atom. The van der Waals surface area contributed by atoms with Crippen molar-refractivity contribution in [2.24, 2.45) is 11.8 Å². The molecular formula is C19H23OP. The van der Waals surface area contributed by atoms with E-state index in [0.717, 1.165) is 11.8 Å². The Morgan fingerprint density at radius 1 is 0.762 bits per heavy atom. The van der Waals surface area contributed by atoms with Gasteiger partial charge in [0.05, 0.1) is 0 Å². The molecule has 0 aromatic heterocycles. The maximum atomic E-state index is 6.76. The van der Waals surface area contributed by atoms with Gasteiger partial charge in [0.15, 0.2) is 0 Å². The van der Waals surface area contributed by atoms with Crippen LogP contribution in [0.15, 0.2) is 60.7 Å². The number of hydrogen-bond acceptors (Lipinski definition) is 1. The summed E-state index contributed by atoms with van der Waals surface area (Å²) in [5.41, 5.74) is 0. The summed E-state index contributed by atoms with van der Waals surface area (Å²) in [7, 11) is -1.54. The van der Waals surface area contributed by atoms with Crippen LogP contribution in [-0.4, -0.2) is 6.10 Å². The molecule has 0 N–H and O–H groups in total. The Balaban J connectivity index is 1.61. The number of fused-ring (bicyclic) bond motifs is 2. The Labute approximate surface area is 128 Å². The third-order valence-electron chi connectivity index (χ3n) is 5.19. The molecule has 2 aliphatic carbocycles. The molecule has 2 aliphatic rings. The molecule has 2 aromatic rings. The fraction of sp³-hybridized carbons (Fsp3) is 0.368. The minimum atomic E-state index is -1.54. The summed E-state index contributed by atoms with van der Waals surface area (Å²) >= 11 is 0. The predicted molar refractivity (Wildman–Crippen MR) is 92.2 cm³/mol. The van der Waals surface area contributed by atoms with E-state index in [4.69, 9.17) is 4.52 Å². The molecule has 2 saturated carbocycles. The molecule has 0 saturated heterocycles. The van der Waals surface area contributed by atoms with Gasteiger partial charge in [-0.25, -0.2) is 0 Å². The molecule has 2 bridgehead atoms. The summed E-state index contributed by atoms with van der Waals surface area (Å²) in [4.78, 5) is 0. The summed E-state index contributed by atoms with van der Waals surface area (Å²) in [6.07, 6.45) is 6.05. The third kappa shape index (κ3) is 2.78. The first-order valence-corrected chi connectivity index (χ1v) is 9.78. The van der Waals surface area contributed by atoms with Gasteiger partial charge in [0.1, 0.15) is 0 Å². The van der Waals surface area contributed by atoms with Gasteiger partial charge in [0, 0.05) is 0 Å². The van der Waals surface area contributed by atoms with Gasteiger partial charge < -0.3 is 0 Å². The molecule has 2 heteroatoms. The number of rotatable bonds is 4. The van der Waals surface area contributed by atoms with Gasteiger partial charge in [-0.1, -0.05) is 0 Å². The van der Waals surface area contributed by atoms with E-state index in [1.165, 1.54) is 36.3 Å². The van der Waals surface area contributed by atoms with Gasteiger partial charge in [-0.3, -0.25) is 0 Å². The van der Waals surface area contributed by atoms with Gasteiger partial charge in [-0.2, -0.15) is 0 Å². The van der Waals surface area contributed by atoms with Crippen LogP contribution in [0, 0.1) is 11.8 Å². The van der Waals surface area contributed by atoms with Crippen molar-refractivity contribution in [1.29, 1.82) is 0 Å². The second kappa shape index (κ2) is 5.91. The van der Waals surface area contributed by atoms with E-state index in [2.05, 4.69) is 60.7 Å². The molecular weight excluding hydrogens is 275 g/mol. The summed E-state index contributed by atoms with van der Waals surface area (Å²) in [6.45, 7) is 0. The molecule has 3 atom stereocenters. The SMILES string of the molecule is c1ccc([PH2](OC2CC3CCC2C3)c2ccccc2)cc1. The van der Waals surface area contributed by atoms with Crippen molar-refractivity contribution < 1.29 is 4.52 Å². The molecule has 2 aromatic carbocycles. The van der Waals surface area contributed by atoms with Crippen molar-refractivity contribution in [3.8, 4) is 0 Å². The molecule has 0 spiro atoms. The van der Waals surface area contributed by atoms with Crippen LogP contribution in [0.4, 0.5) is 0 Å². The van der Waals surface area contributed by atoms with E-state index >= 15 is 0 Å². The summed E-state index contributed by atoms with van der Waals surface area (Å²) in [5, 5.41) is 2.82. The third-order valence-corrected chi connectivity index (χ3v) is 7.79. The average Bonchev–Trinajstić information content (AvgIpc) is 3.17. The zero-order valence-corrected chi connectivity index (χ0v) is 13.5. The Morgan fingerprint density at radius 3 is 1.86 bits per heavy atom. The van der Waals surface area contributed by atoms with Crippen LogP contribution in [-0.2, 0) is 4.52 Å². The first-order chi connectivity index (χ1) is 10.4. The van der Waals surface area contributed by atoms with E-state index in [9.17, 15) is 0 Å². The molecule has 3 unspecified atom stereocenters. The summed E-state index contributed by atoms with van der Waals surface area (Å²) in [6, 6.07) is 21.7. The van der Waals surface area contributed by atoms with Gasteiger partial charge in [-0.05, 0) is 0 Å². The first kappa shape index (κ1) is 13.5. The topological polar surface area (TPSA) is 9.23 Å². The van der Waals surface area contributed by atoms with Crippen molar-refractivity contribution in [2.75, 3.05) is 0 Å². The van der Waals surface area contributed by atoms with Crippen LogP contribution in [0.25, 0.3) is 0 Å². The Bertz CT molecular complexity index is 544. The Hall–Kier alpha value is -1.17. The maximum absolute atomic E-state index is 6.76. The number of hydrogen-bond donors (Lipinski definition) is 0. The molecule has 2 fully saturated rings. The molecule has 0 aliphatic heterocycles. The molecule has 0 amide bonds. The quantitative estimate of drug-likeness (QED) is 0.782. The molecule has 4 rings (SSSR count). The summed E-state index contributed by atoms with van der Waals surface area (Å²) < 4.78 is 6.76. The van der Waals surface area contributed by atoms with E-state index in [-0.39, 0.29) is 0 Å². The number of benzene rings is 2. The zero-order valence-electron chi connectivity index (χ0n) is 12.3. The van der Waals surface area contributed by atoms with E-state index < -0.39 is 8.15 Å². The summed E-state index contributed by atoms with van der Waals surface area (Å²) in [5.74, 6) is 1.78. The van der Waals surface area contributed by atoms with Crippen LogP contribution in [0.5, 0.6) is 0 Å². The van der Waals surface area contributed by atoms with Crippen LogP contribution in [0.2, 0.25) is 0 Å². The standard InChI is InChI=1S/C19H23OP/c1-3-7-17(8-4-1)21(18-9-5-2-6-10-18)20-19-14-15-11-12-16(19)13-15/h1-10,15-16,19H,11-14,21H2. The molecule has 0 heterocycles. The van der Waals surface area contributed by atoms with Gasteiger partial charge in [0.25, 0.3) is 0 Å². The van der Waals surface area contributed by atoms with E-state index in [0.29, 0.717) is 6.10 Å². The van der Waals surface area contributed by atoms with E-state index in [1.807, 2.05) is 0 Å². The van der Waals surface area contributed by atoms with Gasteiger partial charge >= 0.3 is 128 Å². The fourth-order valence-electron chi connectivity index (χ4n) is 4.13. The van der Waals surface area contributed by atoms with Crippen molar-refractivity contribution in [1.82, 2.24) is 0 Å². The predicted octanol–water partition coefficient (Wildman–Crippen LogP) is 3.70. The second-order valence-corrected chi connectivity index (χ2v) is 8.92. The molecule has 21 heavy (non-hydrogen) atoms. The van der Waals surface area contributed by atoms with Crippen LogP contribution < -0.4 is 10.6 Å².